The Morgan fingerprint density at radius 1 is 1.17 bits per heavy atom. The number of ether oxygens (including phenoxy) is 2. The van der Waals surface area contributed by atoms with Gasteiger partial charge in [0.05, 0.1) is 22.2 Å². The lowest BCUT2D eigenvalue weighted by atomic mass is 9.82. The summed E-state index contributed by atoms with van der Waals surface area (Å²) in [6, 6.07) is 7.83. The van der Waals surface area contributed by atoms with Crippen molar-refractivity contribution in [3.63, 3.8) is 0 Å². The molecule has 2 aliphatic rings. The predicted molar refractivity (Wildman–Crippen MR) is 108 cm³/mol. The summed E-state index contributed by atoms with van der Waals surface area (Å²) >= 11 is 12.0. The van der Waals surface area contributed by atoms with Crippen LogP contribution in [0, 0.1) is 0 Å². The first-order valence-electron chi connectivity index (χ1n) is 9.31. The first-order chi connectivity index (χ1) is 13.9. The Labute approximate surface area is 177 Å². The molecule has 152 valence electrons. The van der Waals surface area contributed by atoms with E-state index in [4.69, 9.17) is 37.8 Å². The minimum absolute atomic E-state index is 0.0720. The standard InChI is InChI=1S/C21H19Cl2NO5/c22-16-2-1-12(9-17(16)23)19(26)14-10-13(28-8-7-25)11-15-18(14)20(27)29-21(15)3-5-24-6-4-21/h1-2,9-11,24-25H,3-8H2. The fraction of sp³-hybridized carbons (Fsp3) is 0.333. The fourth-order valence-electron chi connectivity index (χ4n) is 3.90. The maximum atomic E-state index is 13.3. The molecule has 0 saturated carbocycles. The number of benzene rings is 2. The minimum Gasteiger partial charge on any atom is -0.491 e. The van der Waals surface area contributed by atoms with Crippen molar-refractivity contribution in [2.75, 3.05) is 26.3 Å². The molecule has 0 atom stereocenters. The highest BCUT2D eigenvalue weighted by atomic mass is 35.5. The SMILES string of the molecule is O=C(c1ccc(Cl)c(Cl)c1)c1cc(OCCO)cc2c1C(=O)OC21CCNCC1. The summed E-state index contributed by atoms with van der Waals surface area (Å²) in [6.07, 6.45) is 1.21. The third kappa shape index (κ3) is 3.62. The van der Waals surface area contributed by atoms with Crippen molar-refractivity contribution in [1.29, 1.82) is 0 Å². The van der Waals surface area contributed by atoms with Crippen molar-refractivity contribution in [1.82, 2.24) is 5.32 Å². The number of hydrogen-bond donors (Lipinski definition) is 2. The number of carbonyl (C=O) groups excluding carboxylic acids is 2. The molecule has 1 saturated heterocycles. The van der Waals surface area contributed by atoms with Crippen LogP contribution in [0.5, 0.6) is 5.75 Å². The Kier molecular flexibility index (Phi) is 5.53. The van der Waals surface area contributed by atoms with Gasteiger partial charge in [0.15, 0.2) is 5.78 Å². The van der Waals surface area contributed by atoms with E-state index in [-0.39, 0.29) is 35.1 Å². The van der Waals surface area contributed by atoms with E-state index in [1.165, 1.54) is 18.2 Å². The number of halogens is 2. The van der Waals surface area contributed by atoms with Gasteiger partial charge in [-0.3, -0.25) is 4.79 Å². The van der Waals surface area contributed by atoms with Crippen LogP contribution in [0.1, 0.15) is 44.7 Å². The third-order valence-corrected chi connectivity index (χ3v) is 6.03. The third-order valence-electron chi connectivity index (χ3n) is 5.29. The van der Waals surface area contributed by atoms with Crippen LogP contribution in [-0.2, 0) is 10.3 Å². The van der Waals surface area contributed by atoms with E-state index in [1.807, 2.05) is 0 Å². The lowest BCUT2D eigenvalue weighted by Crippen LogP contribution is -2.40. The molecular weight excluding hydrogens is 417 g/mol. The first-order valence-corrected chi connectivity index (χ1v) is 10.1. The van der Waals surface area contributed by atoms with Gasteiger partial charge in [-0.05, 0) is 43.4 Å². The van der Waals surface area contributed by atoms with Gasteiger partial charge in [0.25, 0.3) is 0 Å². The van der Waals surface area contributed by atoms with Crippen LogP contribution in [-0.4, -0.2) is 43.2 Å². The van der Waals surface area contributed by atoms with Gasteiger partial charge in [0.1, 0.15) is 18.0 Å². The van der Waals surface area contributed by atoms with E-state index in [1.54, 1.807) is 12.1 Å². The molecule has 1 spiro atoms. The van der Waals surface area contributed by atoms with Gasteiger partial charge in [-0.15, -0.1) is 0 Å². The monoisotopic (exact) mass is 435 g/mol. The smallest absolute Gasteiger partial charge is 0.340 e. The summed E-state index contributed by atoms with van der Waals surface area (Å²) in [4.78, 5) is 26.1. The molecule has 2 heterocycles. The Bertz CT molecular complexity index is 985. The second-order valence-electron chi connectivity index (χ2n) is 7.06. The van der Waals surface area contributed by atoms with Crippen molar-refractivity contribution in [2.45, 2.75) is 18.4 Å². The van der Waals surface area contributed by atoms with Gasteiger partial charge < -0.3 is 19.9 Å². The summed E-state index contributed by atoms with van der Waals surface area (Å²) in [5.74, 6) is -0.492. The second-order valence-corrected chi connectivity index (χ2v) is 7.87. The molecule has 2 N–H and O–H groups in total. The number of hydrogen-bond acceptors (Lipinski definition) is 6. The normalized spacial score (nSPS) is 17.1. The molecule has 2 aromatic rings. The molecule has 8 heteroatoms. The molecule has 4 rings (SSSR count). The molecule has 2 aromatic carbocycles. The molecule has 2 aliphatic heterocycles. The number of aliphatic hydroxyl groups is 1. The summed E-state index contributed by atoms with van der Waals surface area (Å²) in [5.41, 5.74) is 0.638. The number of carbonyl (C=O) groups is 2. The average Bonchev–Trinajstić information content (AvgIpc) is 2.99. The highest BCUT2D eigenvalue weighted by Gasteiger charge is 2.48. The molecule has 0 amide bonds. The van der Waals surface area contributed by atoms with Gasteiger partial charge in [0, 0.05) is 29.5 Å². The van der Waals surface area contributed by atoms with E-state index in [0.717, 1.165) is 0 Å². The lowest BCUT2D eigenvalue weighted by molar-refractivity contribution is -0.0242. The number of nitrogens with one attached hydrogen (secondary N) is 1. The van der Waals surface area contributed by atoms with E-state index in [0.29, 0.717) is 47.8 Å². The largest absolute Gasteiger partial charge is 0.491 e. The van der Waals surface area contributed by atoms with Crippen LogP contribution in [0.3, 0.4) is 0 Å². The molecule has 0 bridgehead atoms. The van der Waals surface area contributed by atoms with Gasteiger partial charge >= 0.3 is 5.97 Å². The molecular formula is C21H19Cl2NO5. The summed E-state index contributed by atoms with van der Waals surface area (Å²) in [7, 11) is 0. The van der Waals surface area contributed by atoms with Crippen molar-refractivity contribution in [2.24, 2.45) is 0 Å². The Balaban J connectivity index is 1.86. The molecule has 1 fully saturated rings. The highest BCUT2D eigenvalue weighted by molar-refractivity contribution is 6.42. The first kappa shape index (κ1) is 20.2. The number of aliphatic hydroxyl groups excluding tert-OH is 1. The number of piperidine rings is 1. The zero-order valence-corrected chi connectivity index (χ0v) is 17.0. The Hall–Kier alpha value is -2.12. The van der Waals surface area contributed by atoms with Crippen molar-refractivity contribution < 1.29 is 24.2 Å². The molecule has 0 aliphatic carbocycles. The van der Waals surface area contributed by atoms with Crippen molar-refractivity contribution in [3.05, 3.63) is 62.6 Å². The van der Waals surface area contributed by atoms with Gasteiger partial charge in [0.2, 0.25) is 0 Å². The molecule has 0 radical (unpaired) electrons. The predicted octanol–water partition coefficient (Wildman–Crippen LogP) is 3.34. The second kappa shape index (κ2) is 7.95. The summed E-state index contributed by atoms with van der Waals surface area (Å²) in [5, 5.41) is 13.0. The number of ketones is 1. The maximum Gasteiger partial charge on any atom is 0.340 e. The quantitative estimate of drug-likeness (QED) is 0.553. The van der Waals surface area contributed by atoms with E-state index in [9.17, 15) is 9.59 Å². The molecule has 0 aromatic heterocycles. The van der Waals surface area contributed by atoms with Crippen LogP contribution >= 0.6 is 23.2 Å². The van der Waals surface area contributed by atoms with Gasteiger partial charge in [-0.2, -0.15) is 0 Å². The Morgan fingerprint density at radius 2 is 1.93 bits per heavy atom. The maximum absolute atomic E-state index is 13.3. The van der Waals surface area contributed by atoms with E-state index >= 15 is 0 Å². The van der Waals surface area contributed by atoms with Crippen LogP contribution in [0.4, 0.5) is 0 Å². The zero-order chi connectivity index (χ0) is 20.6. The highest BCUT2D eigenvalue weighted by Crippen LogP contribution is 2.46. The number of fused-ring (bicyclic) bond motifs is 2. The van der Waals surface area contributed by atoms with E-state index < -0.39 is 11.6 Å². The number of rotatable bonds is 5. The average molecular weight is 436 g/mol. The van der Waals surface area contributed by atoms with Crippen molar-refractivity contribution >= 4 is 35.0 Å². The zero-order valence-electron chi connectivity index (χ0n) is 15.5. The minimum atomic E-state index is -0.775. The van der Waals surface area contributed by atoms with Crippen LogP contribution < -0.4 is 10.1 Å². The van der Waals surface area contributed by atoms with Gasteiger partial charge in [-0.1, -0.05) is 23.2 Å². The topological polar surface area (TPSA) is 84.9 Å². The summed E-state index contributed by atoms with van der Waals surface area (Å²) < 4.78 is 11.4. The van der Waals surface area contributed by atoms with Gasteiger partial charge in [-0.25, -0.2) is 4.79 Å². The lowest BCUT2D eigenvalue weighted by Gasteiger charge is -2.33. The van der Waals surface area contributed by atoms with Crippen LogP contribution in [0.25, 0.3) is 0 Å². The van der Waals surface area contributed by atoms with E-state index in [2.05, 4.69) is 5.32 Å². The van der Waals surface area contributed by atoms with Crippen LogP contribution in [0.2, 0.25) is 10.0 Å². The van der Waals surface area contributed by atoms with Crippen molar-refractivity contribution in [3.8, 4) is 5.75 Å². The fourth-order valence-corrected chi connectivity index (χ4v) is 4.20. The number of esters is 1. The summed E-state index contributed by atoms with van der Waals surface area (Å²) in [6.45, 7) is 1.30. The Morgan fingerprint density at radius 3 is 2.62 bits per heavy atom. The molecule has 6 nitrogen and oxygen atoms in total. The molecule has 0 unspecified atom stereocenters. The molecule has 29 heavy (non-hydrogen) atoms. The van der Waals surface area contributed by atoms with Crippen LogP contribution in [0.15, 0.2) is 30.3 Å².